The molecule has 7 heteroatoms. The van der Waals surface area contributed by atoms with E-state index in [4.69, 9.17) is 5.73 Å². The molecule has 108 valence electrons. The van der Waals surface area contributed by atoms with Crippen LogP contribution in [0.15, 0.2) is 10.3 Å². The maximum atomic E-state index is 12.6. The predicted octanol–water partition coefficient (Wildman–Crippen LogP) is 2.03. The van der Waals surface area contributed by atoms with Gasteiger partial charge in [0.05, 0.1) is 0 Å². The van der Waals surface area contributed by atoms with E-state index in [0.29, 0.717) is 34.3 Å². The summed E-state index contributed by atoms with van der Waals surface area (Å²) in [5.74, 6) is 0. The average molecular weight is 321 g/mol. The Balaban J connectivity index is 2.30. The minimum Gasteiger partial charge on any atom is -0.326 e. The first-order valence-corrected chi connectivity index (χ1v) is 9.49. The third-order valence-corrected chi connectivity index (χ3v) is 7.93. The van der Waals surface area contributed by atoms with Crippen LogP contribution in [0, 0.1) is 6.92 Å². The molecule has 1 aromatic rings. The van der Waals surface area contributed by atoms with Gasteiger partial charge in [-0.05, 0) is 18.6 Å². The van der Waals surface area contributed by atoms with Gasteiger partial charge < -0.3 is 5.73 Å². The van der Waals surface area contributed by atoms with Crippen molar-refractivity contribution in [3.8, 4) is 0 Å². The van der Waals surface area contributed by atoms with Crippen molar-refractivity contribution < 1.29 is 8.42 Å². The van der Waals surface area contributed by atoms with Crippen LogP contribution in [0.5, 0.6) is 0 Å². The molecule has 0 saturated carbocycles. The third kappa shape index (κ3) is 3.16. The molecule has 0 aliphatic carbocycles. The Hall–Kier alpha value is -0.0800. The summed E-state index contributed by atoms with van der Waals surface area (Å²) < 4.78 is 27.3. The lowest BCUT2D eigenvalue weighted by molar-refractivity contribution is 0.406. The number of hydrogen-bond acceptors (Lipinski definition) is 5. The van der Waals surface area contributed by atoms with Gasteiger partial charge in [-0.15, -0.1) is 11.3 Å². The summed E-state index contributed by atoms with van der Waals surface area (Å²) in [7, 11) is -3.36. The maximum Gasteiger partial charge on any atom is 0.252 e. The molecule has 2 heterocycles. The number of thioether (sulfide) groups is 1. The fraction of sp³-hybridized carbons (Fsp3) is 0.667. The van der Waals surface area contributed by atoms with Crippen LogP contribution >= 0.6 is 23.1 Å². The molecule has 1 fully saturated rings. The molecule has 19 heavy (non-hydrogen) atoms. The third-order valence-electron chi connectivity index (χ3n) is 3.16. The molecule has 1 aliphatic heterocycles. The van der Waals surface area contributed by atoms with E-state index in [0.717, 1.165) is 10.4 Å². The number of aryl methyl sites for hydroxylation is 1. The van der Waals surface area contributed by atoms with Gasteiger partial charge >= 0.3 is 0 Å². The fourth-order valence-electron chi connectivity index (χ4n) is 2.27. The first-order chi connectivity index (χ1) is 8.84. The van der Waals surface area contributed by atoms with Gasteiger partial charge in [0.15, 0.2) is 0 Å². The molecule has 1 aliphatic rings. The van der Waals surface area contributed by atoms with Crippen molar-refractivity contribution in [2.45, 2.75) is 42.0 Å². The van der Waals surface area contributed by atoms with Gasteiger partial charge in [0, 0.05) is 35.0 Å². The zero-order valence-electron chi connectivity index (χ0n) is 11.4. The highest BCUT2D eigenvalue weighted by Gasteiger charge is 2.33. The second kappa shape index (κ2) is 5.73. The summed E-state index contributed by atoms with van der Waals surface area (Å²) >= 11 is 3.15. The molecule has 0 bridgehead atoms. The van der Waals surface area contributed by atoms with Crippen LogP contribution in [-0.2, 0) is 16.6 Å². The summed E-state index contributed by atoms with van der Waals surface area (Å²) in [5, 5.41) is 0.683. The molecular weight excluding hydrogens is 300 g/mol. The van der Waals surface area contributed by atoms with E-state index >= 15 is 0 Å². The van der Waals surface area contributed by atoms with Crippen LogP contribution in [-0.4, -0.2) is 36.3 Å². The molecule has 1 saturated heterocycles. The molecule has 0 spiro atoms. The van der Waals surface area contributed by atoms with Gasteiger partial charge in [-0.3, -0.25) is 0 Å². The summed E-state index contributed by atoms with van der Waals surface area (Å²) in [4.78, 5) is 0.950. The number of hydrogen-bond donors (Lipinski definition) is 1. The summed E-state index contributed by atoms with van der Waals surface area (Å²) in [6, 6.07) is 1.75. The first kappa shape index (κ1) is 15.3. The van der Waals surface area contributed by atoms with Gasteiger partial charge in [0.1, 0.15) is 4.21 Å². The van der Waals surface area contributed by atoms with Crippen LogP contribution < -0.4 is 5.73 Å². The quantitative estimate of drug-likeness (QED) is 0.925. The molecule has 1 aromatic heterocycles. The highest BCUT2D eigenvalue weighted by Crippen LogP contribution is 2.32. The number of rotatable bonds is 3. The monoisotopic (exact) mass is 320 g/mol. The van der Waals surface area contributed by atoms with Crippen molar-refractivity contribution in [3.63, 3.8) is 0 Å². The van der Waals surface area contributed by atoms with Gasteiger partial charge in [0.25, 0.3) is 10.0 Å². The van der Waals surface area contributed by atoms with Crippen molar-refractivity contribution in [1.29, 1.82) is 0 Å². The number of nitrogens with two attached hydrogens (primary N) is 1. The number of sulfonamides is 1. The fourth-order valence-corrected chi connectivity index (χ4v) is 7.03. The first-order valence-electron chi connectivity index (χ1n) is 6.29. The van der Waals surface area contributed by atoms with Crippen molar-refractivity contribution in [3.05, 3.63) is 16.5 Å². The zero-order valence-corrected chi connectivity index (χ0v) is 13.9. The molecule has 0 aromatic carbocycles. The Morgan fingerprint density at radius 3 is 2.42 bits per heavy atom. The van der Waals surface area contributed by atoms with E-state index in [-0.39, 0.29) is 0 Å². The molecule has 4 nitrogen and oxygen atoms in total. The summed E-state index contributed by atoms with van der Waals surface area (Å²) in [5.41, 5.74) is 6.60. The Morgan fingerprint density at radius 1 is 1.37 bits per heavy atom. The number of nitrogens with zero attached hydrogens (tertiary/aromatic N) is 1. The Labute approximate surface area is 123 Å². The molecule has 0 amide bonds. The second-order valence-electron chi connectivity index (χ2n) is 4.96. The Kier molecular flexibility index (Phi) is 4.62. The van der Waals surface area contributed by atoms with Crippen molar-refractivity contribution >= 4 is 33.1 Å². The van der Waals surface area contributed by atoms with Crippen molar-refractivity contribution in [1.82, 2.24) is 4.31 Å². The van der Waals surface area contributed by atoms with Crippen LogP contribution in [0.1, 0.15) is 24.3 Å². The van der Waals surface area contributed by atoms with Gasteiger partial charge in [-0.1, -0.05) is 13.8 Å². The second-order valence-corrected chi connectivity index (χ2v) is 10.1. The van der Waals surface area contributed by atoms with E-state index in [1.54, 1.807) is 10.4 Å². The Morgan fingerprint density at radius 2 is 1.95 bits per heavy atom. The zero-order chi connectivity index (χ0) is 14.2. The number of thiophene rings is 1. The topological polar surface area (TPSA) is 63.4 Å². The van der Waals surface area contributed by atoms with E-state index in [2.05, 4.69) is 13.8 Å². The van der Waals surface area contributed by atoms with Crippen LogP contribution in [0.2, 0.25) is 0 Å². The maximum absolute atomic E-state index is 12.6. The molecule has 2 rings (SSSR count). The lowest BCUT2D eigenvalue weighted by atomic mass is 10.3. The molecular formula is C12H20N2O2S3. The van der Waals surface area contributed by atoms with E-state index in [1.165, 1.54) is 11.3 Å². The van der Waals surface area contributed by atoms with E-state index in [9.17, 15) is 8.42 Å². The van der Waals surface area contributed by atoms with E-state index in [1.807, 2.05) is 18.7 Å². The van der Waals surface area contributed by atoms with Gasteiger partial charge in [-0.2, -0.15) is 16.1 Å². The highest BCUT2D eigenvalue weighted by atomic mass is 32.2. The Bertz CT molecular complexity index is 543. The van der Waals surface area contributed by atoms with Gasteiger partial charge in [0.2, 0.25) is 0 Å². The lowest BCUT2D eigenvalue weighted by Crippen LogP contribution is -2.43. The molecule has 0 radical (unpaired) electrons. The minimum absolute atomic E-state index is 0.341. The van der Waals surface area contributed by atoms with Gasteiger partial charge in [-0.25, -0.2) is 8.42 Å². The average Bonchev–Trinajstić information content (AvgIpc) is 2.70. The van der Waals surface area contributed by atoms with Crippen LogP contribution in [0.25, 0.3) is 0 Å². The molecule has 2 unspecified atom stereocenters. The smallest absolute Gasteiger partial charge is 0.252 e. The summed E-state index contributed by atoms with van der Waals surface area (Å²) in [6.45, 7) is 7.64. The molecule has 2 atom stereocenters. The minimum atomic E-state index is -3.36. The summed E-state index contributed by atoms with van der Waals surface area (Å²) in [6.07, 6.45) is 0. The standard InChI is InChI=1S/C12H20N2O2S3/c1-8-4-12(18-11(8)5-13)19(15,16)14-6-9(2)17-10(3)7-14/h4,9-10H,5-7,13H2,1-3H3. The van der Waals surface area contributed by atoms with Crippen molar-refractivity contribution in [2.75, 3.05) is 13.1 Å². The van der Waals surface area contributed by atoms with Crippen LogP contribution in [0.3, 0.4) is 0 Å². The highest BCUT2D eigenvalue weighted by molar-refractivity contribution is 8.00. The largest absolute Gasteiger partial charge is 0.326 e. The molecule has 2 N–H and O–H groups in total. The predicted molar refractivity (Wildman–Crippen MR) is 82.2 cm³/mol. The van der Waals surface area contributed by atoms with Crippen molar-refractivity contribution in [2.24, 2.45) is 5.73 Å². The SMILES string of the molecule is Cc1cc(S(=O)(=O)N2CC(C)SC(C)C2)sc1CN. The van der Waals surface area contributed by atoms with Crippen LogP contribution in [0.4, 0.5) is 0 Å². The van der Waals surface area contributed by atoms with E-state index < -0.39 is 10.0 Å². The lowest BCUT2D eigenvalue weighted by Gasteiger charge is -2.33. The normalized spacial score (nSPS) is 25.7.